The highest BCUT2D eigenvalue weighted by Crippen LogP contribution is 2.18. The van der Waals surface area contributed by atoms with Gasteiger partial charge in [0.2, 0.25) is 0 Å². The number of nitrogens with zero attached hydrogens (tertiary/aromatic N) is 3. The number of aryl methyl sites for hydroxylation is 1. The van der Waals surface area contributed by atoms with E-state index < -0.39 is 0 Å². The van der Waals surface area contributed by atoms with Crippen molar-refractivity contribution >= 4 is 6.09 Å². The number of amides is 1. The van der Waals surface area contributed by atoms with Crippen molar-refractivity contribution in [2.75, 3.05) is 6.54 Å². The van der Waals surface area contributed by atoms with Gasteiger partial charge < -0.3 is 10.1 Å². The van der Waals surface area contributed by atoms with E-state index >= 15 is 0 Å². The third-order valence-electron chi connectivity index (χ3n) is 1.76. The van der Waals surface area contributed by atoms with Crippen molar-refractivity contribution in [2.24, 2.45) is 7.05 Å². The molecule has 1 unspecified atom stereocenters. The number of carbonyl (C=O) groups is 1. The second-order valence-electron chi connectivity index (χ2n) is 2.56. The molecule has 1 saturated heterocycles. The fraction of sp³-hybridized carbons (Fsp3) is 0.500. The second-order valence-corrected chi connectivity index (χ2v) is 2.56. The second kappa shape index (κ2) is 2.47. The van der Waals surface area contributed by atoms with E-state index in [1.165, 1.54) is 0 Å². The van der Waals surface area contributed by atoms with Crippen molar-refractivity contribution in [3.05, 3.63) is 11.9 Å². The number of alkyl carbamates (subject to hydrolysis) is 1. The largest absolute Gasteiger partial charge is 0.438 e. The standard InChI is InChI=1S/C6H8N4O2/c1-10-4(2-8-9-10)5-3-7-6(11)12-5/h2,5H,3H2,1H3,(H,7,11). The summed E-state index contributed by atoms with van der Waals surface area (Å²) >= 11 is 0. The van der Waals surface area contributed by atoms with Crippen LogP contribution < -0.4 is 5.32 Å². The minimum Gasteiger partial charge on any atom is -0.438 e. The normalized spacial score (nSPS) is 22.1. The van der Waals surface area contributed by atoms with Gasteiger partial charge in [-0.1, -0.05) is 5.21 Å². The highest BCUT2D eigenvalue weighted by Gasteiger charge is 2.26. The number of ether oxygens (including phenoxy) is 1. The molecule has 0 aliphatic carbocycles. The van der Waals surface area contributed by atoms with Crippen LogP contribution in [-0.4, -0.2) is 27.6 Å². The van der Waals surface area contributed by atoms with Gasteiger partial charge in [0.25, 0.3) is 0 Å². The highest BCUT2D eigenvalue weighted by molar-refractivity contribution is 5.69. The van der Waals surface area contributed by atoms with Gasteiger partial charge in [0.1, 0.15) is 5.69 Å². The summed E-state index contributed by atoms with van der Waals surface area (Å²) in [6.45, 7) is 0.486. The minimum absolute atomic E-state index is 0.252. The maximum atomic E-state index is 10.7. The molecule has 0 bridgehead atoms. The van der Waals surface area contributed by atoms with Gasteiger partial charge in [-0.15, -0.1) is 5.10 Å². The number of nitrogens with one attached hydrogen (secondary N) is 1. The molecule has 2 heterocycles. The van der Waals surface area contributed by atoms with E-state index in [2.05, 4.69) is 15.6 Å². The van der Waals surface area contributed by atoms with Gasteiger partial charge in [-0.3, -0.25) is 0 Å². The van der Waals surface area contributed by atoms with E-state index in [1.54, 1.807) is 17.9 Å². The van der Waals surface area contributed by atoms with Gasteiger partial charge in [0.15, 0.2) is 6.10 Å². The van der Waals surface area contributed by atoms with Crippen molar-refractivity contribution < 1.29 is 9.53 Å². The van der Waals surface area contributed by atoms with Crippen molar-refractivity contribution in [1.29, 1.82) is 0 Å². The smallest absolute Gasteiger partial charge is 0.408 e. The molecule has 0 spiro atoms. The van der Waals surface area contributed by atoms with E-state index in [1.807, 2.05) is 0 Å². The Hall–Kier alpha value is -1.59. The average molecular weight is 168 g/mol. The van der Waals surface area contributed by atoms with Crippen molar-refractivity contribution in [2.45, 2.75) is 6.10 Å². The van der Waals surface area contributed by atoms with Crippen LogP contribution in [0.3, 0.4) is 0 Å². The third kappa shape index (κ3) is 1.01. The minimum atomic E-state index is -0.388. The topological polar surface area (TPSA) is 69.0 Å². The van der Waals surface area contributed by atoms with Crippen LogP contribution in [0.15, 0.2) is 6.20 Å². The van der Waals surface area contributed by atoms with Gasteiger partial charge in [-0.2, -0.15) is 0 Å². The Bertz CT molecular complexity index is 308. The summed E-state index contributed by atoms with van der Waals surface area (Å²) in [5.74, 6) is 0. The molecule has 1 aromatic rings. The lowest BCUT2D eigenvalue weighted by Gasteiger charge is -2.05. The molecule has 1 aliphatic rings. The van der Waals surface area contributed by atoms with Crippen LogP contribution in [0.1, 0.15) is 11.8 Å². The van der Waals surface area contributed by atoms with Crippen molar-refractivity contribution in [3.63, 3.8) is 0 Å². The zero-order chi connectivity index (χ0) is 8.55. The molecule has 0 aromatic carbocycles. The lowest BCUT2D eigenvalue weighted by molar-refractivity contribution is 0.137. The van der Waals surface area contributed by atoms with E-state index in [0.717, 1.165) is 5.69 Å². The molecule has 12 heavy (non-hydrogen) atoms. The average Bonchev–Trinajstić information content (AvgIpc) is 2.58. The molecule has 0 radical (unpaired) electrons. The highest BCUT2D eigenvalue weighted by atomic mass is 16.6. The van der Waals surface area contributed by atoms with Crippen LogP contribution >= 0.6 is 0 Å². The SMILES string of the molecule is Cn1nncc1C1CNC(=O)O1. The molecule has 2 rings (SSSR count). The maximum Gasteiger partial charge on any atom is 0.408 e. The lowest BCUT2D eigenvalue weighted by Crippen LogP contribution is -2.13. The first-order chi connectivity index (χ1) is 5.77. The van der Waals surface area contributed by atoms with Crippen molar-refractivity contribution in [1.82, 2.24) is 20.3 Å². The molecule has 0 saturated carbocycles. The molecule has 6 heteroatoms. The Balaban J connectivity index is 2.21. The summed E-state index contributed by atoms with van der Waals surface area (Å²) in [6.07, 6.45) is 0.948. The van der Waals surface area contributed by atoms with Crippen LogP contribution in [0.25, 0.3) is 0 Å². The zero-order valence-electron chi connectivity index (χ0n) is 6.52. The lowest BCUT2D eigenvalue weighted by atomic mass is 10.3. The Kier molecular flexibility index (Phi) is 1.46. The van der Waals surface area contributed by atoms with Crippen LogP contribution in [-0.2, 0) is 11.8 Å². The van der Waals surface area contributed by atoms with Crippen molar-refractivity contribution in [3.8, 4) is 0 Å². The summed E-state index contributed by atoms with van der Waals surface area (Å²) in [5, 5.41) is 9.97. The molecular formula is C6H8N4O2. The van der Waals surface area contributed by atoms with E-state index in [-0.39, 0.29) is 12.2 Å². The predicted octanol–water partition coefficient (Wildman–Crippen LogP) is -0.404. The third-order valence-corrected chi connectivity index (χ3v) is 1.76. The monoisotopic (exact) mass is 168 g/mol. The van der Waals surface area contributed by atoms with Crippen LogP contribution in [0.5, 0.6) is 0 Å². The first-order valence-corrected chi connectivity index (χ1v) is 3.56. The molecule has 1 aromatic heterocycles. The van der Waals surface area contributed by atoms with Gasteiger partial charge in [0, 0.05) is 7.05 Å². The molecule has 1 amide bonds. The first kappa shape index (κ1) is 7.08. The molecule has 1 fully saturated rings. The van der Waals surface area contributed by atoms with E-state index in [4.69, 9.17) is 4.74 Å². The summed E-state index contributed by atoms with van der Waals surface area (Å²) in [5.41, 5.74) is 0.799. The fourth-order valence-electron chi connectivity index (χ4n) is 1.14. The molecule has 1 atom stereocenters. The van der Waals surface area contributed by atoms with Gasteiger partial charge in [0.05, 0.1) is 12.7 Å². The fourth-order valence-corrected chi connectivity index (χ4v) is 1.14. The first-order valence-electron chi connectivity index (χ1n) is 3.56. The number of hydrogen-bond acceptors (Lipinski definition) is 4. The van der Waals surface area contributed by atoms with Gasteiger partial charge in [-0.25, -0.2) is 9.48 Å². The quantitative estimate of drug-likeness (QED) is 0.619. The van der Waals surface area contributed by atoms with E-state index in [0.29, 0.717) is 6.54 Å². The maximum absolute atomic E-state index is 10.7. The summed E-state index contributed by atoms with van der Waals surface area (Å²) in [7, 11) is 1.76. The zero-order valence-corrected chi connectivity index (χ0v) is 6.52. The molecule has 1 aliphatic heterocycles. The Morgan fingerprint density at radius 1 is 1.83 bits per heavy atom. The number of aromatic nitrogens is 3. The number of rotatable bonds is 1. The van der Waals surface area contributed by atoms with Crippen LogP contribution in [0.2, 0.25) is 0 Å². The summed E-state index contributed by atoms with van der Waals surface area (Å²) in [6, 6.07) is 0. The molecule has 64 valence electrons. The number of hydrogen-bond donors (Lipinski definition) is 1. The Morgan fingerprint density at radius 2 is 2.67 bits per heavy atom. The van der Waals surface area contributed by atoms with Gasteiger partial charge >= 0.3 is 6.09 Å². The molecule has 1 N–H and O–H groups in total. The van der Waals surface area contributed by atoms with Crippen LogP contribution in [0, 0.1) is 0 Å². The number of carbonyl (C=O) groups excluding carboxylic acids is 1. The van der Waals surface area contributed by atoms with Gasteiger partial charge in [-0.05, 0) is 0 Å². The predicted molar refractivity (Wildman–Crippen MR) is 38.2 cm³/mol. The number of cyclic esters (lactones) is 1. The summed E-state index contributed by atoms with van der Waals surface area (Å²) in [4.78, 5) is 10.7. The Morgan fingerprint density at radius 3 is 3.17 bits per heavy atom. The summed E-state index contributed by atoms with van der Waals surface area (Å²) < 4.78 is 6.52. The Labute approximate surface area is 68.5 Å². The molecular weight excluding hydrogens is 160 g/mol. The molecule has 6 nitrogen and oxygen atoms in total. The van der Waals surface area contributed by atoms with Crippen LogP contribution in [0.4, 0.5) is 4.79 Å². The van der Waals surface area contributed by atoms with E-state index in [9.17, 15) is 4.79 Å².